The average Bonchev–Trinajstić information content (AvgIpc) is 2.73. The van der Waals surface area contributed by atoms with Gasteiger partial charge in [0.25, 0.3) is 0 Å². The number of hydrogen-bond acceptors (Lipinski definition) is 2. The van der Waals surface area contributed by atoms with Crippen LogP contribution in [-0.4, -0.2) is 23.2 Å². The molecule has 0 amide bonds. The standard InChI is InChI=1S/C13H14F2N2O/c1-7-6-18-3-2-9(7)13-16-11-5-8(14)4-10(15)12(11)17-13/h4-5,7,9H,2-3,6H2,1H3,(H,16,17). The molecule has 0 aliphatic carbocycles. The van der Waals surface area contributed by atoms with E-state index < -0.39 is 11.6 Å². The summed E-state index contributed by atoms with van der Waals surface area (Å²) in [5.41, 5.74) is 0.631. The fraction of sp³-hybridized carbons (Fsp3) is 0.462. The third-order valence-corrected chi connectivity index (χ3v) is 3.52. The lowest BCUT2D eigenvalue weighted by Crippen LogP contribution is -2.24. The second kappa shape index (κ2) is 4.31. The number of benzene rings is 1. The normalized spacial score (nSPS) is 24.6. The van der Waals surface area contributed by atoms with Crippen molar-refractivity contribution >= 4 is 11.0 Å². The molecule has 1 aromatic heterocycles. The van der Waals surface area contributed by atoms with Crippen molar-refractivity contribution in [3.05, 3.63) is 29.6 Å². The summed E-state index contributed by atoms with van der Waals surface area (Å²) < 4.78 is 32.1. The molecule has 2 aromatic rings. The van der Waals surface area contributed by atoms with E-state index in [0.29, 0.717) is 24.6 Å². The smallest absolute Gasteiger partial charge is 0.153 e. The van der Waals surface area contributed by atoms with E-state index in [-0.39, 0.29) is 11.4 Å². The van der Waals surface area contributed by atoms with Gasteiger partial charge in [0.05, 0.1) is 5.52 Å². The third kappa shape index (κ3) is 1.88. The molecule has 3 rings (SSSR count). The van der Waals surface area contributed by atoms with E-state index >= 15 is 0 Å². The molecule has 2 unspecified atom stereocenters. The summed E-state index contributed by atoms with van der Waals surface area (Å²) in [6.45, 7) is 3.44. The number of aromatic amines is 1. The number of H-pyrrole nitrogens is 1. The van der Waals surface area contributed by atoms with Crippen LogP contribution >= 0.6 is 0 Å². The molecule has 1 fully saturated rings. The highest BCUT2D eigenvalue weighted by Crippen LogP contribution is 2.31. The van der Waals surface area contributed by atoms with Crippen LogP contribution in [0.5, 0.6) is 0 Å². The SMILES string of the molecule is CC1COCCC1c1nc2c(F)cc(F)cc2[nH]1. The Labute approximate surface area is 103 Å². The number of halogens is 2. The molecule has 1 aromatic carbocycles. The first-order chi connectivity index (χ1) is 8.65. The van der Waals surface area contributed by atoms with Gasteiger partial charge in [-0.15, -0.1) is 0 Å². The largest absolute Gasteiger partial charge is 0.381 e. The fourth-order valence-corrected chi connectivity index (χ4v) is 2.52. The van der Waals surface area contributed by atoms with Crippen molar-refractivity contribution in [2.75, 3.05) is 13.2 Å². The lowest BCUT2D eigenvalue weighted by atomic mass is 9.89. The van der Waals surface area contributed by atoms with E-state index in [1.807, 2.05) is 0 Å². The number of rotatable bonds is 1. The van der Waals surface area contributed by atoms with Gasteiger partial charge in [-0.2, -0.15) is 0 Å². The average molecular weight is 252 g/mol. The Morgan fingerprint density at radius 1 is 1.39 bits per heavy atom. The van der Waals surface area contributed by atoms with Gasteiger partial charge in [-0.25, -0.2) is 13.8 Å². The van der Waals surface area contributed by atoms with E-state index in [0.717, 1.165) is 18.3 Å². The van der Waals surface area contributed by atoms with Gasteiger partial charge in [0, 0.05) is 25.2 Å². The van der Waals surface area contributed by atoms with Crippen LogP contribution in [0, 0.1) is 17.6 Å². The van der Waals surface area contributed by atoms with Gasteiger partial charge in [-0.05, 0) is 18.4 Å². The predicted octanol–water partition coefficient (Wildman–Crippen LogP) is 2.98. The second-order valence-electron chi connectivity index (χ2n) is 4.85. The Kier molecular flexibility index (Phi) is 2.78. The number of hydrogen-bond donors (Lipinski definition) is 1. The molecule has 3 nitrogen and oxygen atoms in total. The molecular weight excluding hydrogens is 238 g/mol. The lowest BCUT2D eigenvalue weighted by molar-refractivity contribution is 0.0455. The highest BCUT2D eigenvalue weighted by atomic mass is 19.1. The quantitative estimate of drug-likeness (QED) is 0.847. The van der Waals surface area contributed by atoms with E-state index in [1.54, 1.807) is 0 Å². The first-order valence-electron chi connectivity index (χ1n) is 6.07. The number of aromatic nitrogens is 2. The van der Waals surface area contributed by atoms with Crippen molar-refractivity contribution in [1.29, 1.82) is 0 Å². The number of imidazole rings is 1. The summed E-state index contributed by atoms with van der Waals surface area (Å²) in [6, 6.07) is 2.14. The molecule has 0 bridgehead atoms. The summed E-state index contributed by atoms with van der Waals surface area (Å²) in [5, 5.41) is 0. The van der Waals surface area contributed by atoms with Gasteiger partial charge in [-0.3, -0.25) is 0 Å². The van der Waals surface area contributed by atoms with Crippen LogP contribution in [0.4, 0.5) is 8.78 Å². The van der Waals surface area contributed by atoms with Gasteiger partial charge in [-0.1, -0.05) is 6.92 Å². The van der Waals surface area contributed by atoms with E-state index in [9.17, 15) is 8.78 Å². The summed E-state index contributed by atoms with van der Waals surface area (Å²) in [6.07, 6.45) is 0.852. The highest BCUT2D eigenvalue weighted by Gasteiger charge is 2.26. The second-order valence-corrected chi connectivity index (χ2v) is 4.85. The summed E-state index contributed by atoms with van der Waals surface area (Å²) >= 11 is 0. The van der Waals surface area contributed by atoms with Gasteiger partial charge >= 0.3 is 0 Å². The van der Waals surface area contributed by atoms with Crippen LogP contribution in [0.25, 0.3) is 11.0 Å². The Hall–Kier alpha value is -1.49. The molecular formula is C13H14F2N2O. The van der Waals surface area contributed by atoms with Crippen molar-refractivity contribution in [3.63, 3.8) is 0 Å². The maximum Gasteiger partial charge on any atom is 0.153 e. The maximum absolute atomic E-state index is 13.6. The van der Waals surface area contributed by atoms with Crippen molar-refractivity contribution in [3.8, 4) is 0 Å². The van der Waals surface area contributed by atoms with Crippen LogP contribution < -0.4 is 0 Å². The van der Waals surface area contributed by atoms with Crippen LogP contribution in [0.1, 0.15) is 25.1 Å². The number of nitrogens with one attached hydrogen (secondary N) is 1. The zero-order chi connectivity index (χ0) is 12.7. The molecule has 96 valence electrons. The van der Waals surface area contributed by atoms with E-state index in [1.165, 1.54) is 6.07 Å². The minimum atomic E-state index is -0.618. The monoisotopic (exact) mass is 252 g/mol. The zero-order valence-electron chi connectivity index (χ0n) is 10.0. The number of fused-ring (bicyclic) bond motifs is 1. The van der Waals surface area contributed by atoms with Gasteiger partial charge < -0.3 is 9.72 Å². The van der Waals surface area contributed by atoms with Crippen molar-refractivity contribution in [1.82, 2.24) is 9.97 Å². The number of ether oxygens (including phenoxy) is 1. The van der Waals surface area contributed by atoms with E-state index in [4.69, 9.17) is 4.74 Å². The molecule has 1 N–H and O–H groups in total. The summed E-state index contributed by atoms with van der Waals surface area (Å²) in [5.74, 6) is 0.0635. The minimum absolute atomic E-state index is 0.213. The van der Waals surface area contributed by atoms with Crippen molar-refractivity contribution in [2.24, 2.45) is 5.92 Å². The molecule has 5 heteroatoms. The maximum atomic E-state index is 13.6. The topological polar surface area (TPSA) is 37.9 Å². The lowest BCUT2D eigenvalue weighted by Gasteiger charge is -2.27. The number of nitrogens with zero attached hydrogens (tertiary/aromatic N) is 1. The van der Waals surface area contributed by atoms with Crippen molar-refractivity contribution in [2.45, 2.75) is 19.3 Å². The first kappa shape index (κ1) is 11.6. The molecule has 1 saturated heterocycles. The zero-order valence-corrected chi connectivity index (χ0v) is 10.0. The Morgan fingerprint density at radius 3 is 3.00 bits per heavy atom. The van der Waals surface area contributed by atoms with Crippen LogP contribution in [0.2, 0.25) is 0 Å². The van der Waals surface area contributed by atoms with E-state index in [2.05, 4.69) is 16.9 Å². The molecule has 0 spiro atoms. The molecule has 0 saturated carbocycles. The van der Waals surface area contributed by atoms with Gasteiger partial charge in [0.15, 0.2) is 5.82 Å². The van der Waals surface area contributed by atoms with Crippen molar-refractivity contribution < 1.29 is 13.5 Å². The minimum Gasteiger partial charge on any atom is -0.381 e. The van der Waals surface area contributed by atoms with Gasteiger partial charge in [0.2, 0.25) is 0 Å². The molecule has 0 radical (unpaired) electrons. The summed E-state index contributed by atoms with van der Waals surface area (Å²) in [7, 11) is 0. The molecule has 18 heavy (non-hydrogen) atoms. The molecule has 2 atom stereocenters. The van der Waals surface area contributed by atoms with Gasteiger partial charge in [0.1, 0.15) is 17.2 Å². The Balaban J connectivity index is 2.05. The Morgan fingerprint density at radius 2 is 2.22 bits per heavy atom. The van der Waals surface area contributed by atoms with Crippen LogP contribution in [0.15, 0.2) is 12.1 Å². The molecule has 1 aliphatic heterocycles. The molecule has 1 aliphatic rings. The molecule has 2 heterocycles. The Bertz CT molecular complexity index is 582. The fourth-order valence-electron chi connectivity index (χ4n) is 2.52. The first-order valence-corrected chi connectivity index (χ1v) is 6.07. The third-order valence-electron chi connectivity index (χ3n) is 3.52. The van der Waals surface area contributed by atoms with Crippen LogP contribution in [-0.2, 0) is 4.74 Å². The highest BCUT2D eigenvalue weighted by molar-refractivity contribution is 5.75. The summed E-state index contributed by atoms with van der Waals surface area (Å²) in [4.78, 5) is 7.31. The predicted molar refractivity (Wildman–Crippen MR) is 63.4 cm³/mol. The van der Waals surface area contributed by atoms with Crippen LogP contribution in [0.3, 0.4) is 0 Å².